The van der Waals surface area contributed by atoms with Gasteiger partial charge in [-0.3, -0.25) is 0 Å². The summed E-state index contributed by atoms with van der Waals surface area (Å²) in [4.78, 5) is 0. The molecule has 1 heterocycles. The summed E-state index contributed by atoms with van der Waals surface area (Å²) in [6.07, 6.45) is 0. The first-order chi connectivity index (χ1) is 6.00. The summed E-state index contributed by atoms with van der Waals surface area (Å²) in [5.41, 5.74) is 0. The number of nitrogens with one attached hydrogen (secondary N) is 4. The number of rotatable bonds is 0. The average molecular weight is 252 g/mol. The van der Waals surface area contributed by atoms with E-state index in [0.29, 0.717) is 0 Å². The molecule has 76 valence electrons. The fourth-order valence-electron chi connectivity index (χ4n) is 1.21. The minimum absolute atomic E-state index is 0. The van der Waals surface area contributed by atoms with Crippen LogP contribution >= 0.6 is 0 Å². The zero-order chi connectivity index (χ0) is 8.49. The van der Waals surface area contributed by atoms with Crippen LogP contribution in [-0.2, 0) is 0 Å². The molecule has 0 aromatic carbocycles. The number of hydrogen-bond acceptors (Lipinski definition) is 4. The van der Waals surface area contributed by atoms with Crippen LogP contribution in [0.25, 0.3) is 0 Å². The second-order valence-corrected chi connectivity index (χ2v) is 3.00. The van der Waals surface area contributed by atoms with E-state index in [-0.39, 0.29) is 103 Å². The Balaban J connectivity index is 0. The monoisotopic (exact) mass is 252 g/mol. The van der Waals surface area contributed by atoms with Crippen molar-refractivity contribution in [2.24, 2.45) is 0 Å². The van der Waals surface area contributed by atoms with Crippen molar-refractivity contribution in [3.8, 4) is 0 Å². The van der Waals surface area contributed by atoms with E-state index in [1.807, 2.05) is 0 Å². The predicted octanol–water partition coefficient (Wildman–Crippen LogP) is -2.94. The zero-order valence-electron chi connectivity index (χ0n) is 7.66. The summed E-state index contributed by atoms with van der Waals surface area (Å²) in [5.74, 6) is 0. The Hall–Kier alpha value is 3.11. The molecule has 0 atom stereocenters. The van der Waals surface area contributed by atoms with Crippen molar-refractivity contribution in [2.75, 3.05) is 52.4 Å². The molecule has 0 saturated carbocycles. The molecule has 14 heavy (non-hydrogen) atoms. The predicted molar refractivity (Wildman–Crippen MR) is 65.8 cm³/mol. The molecule has 0 spiro atoms. The van der Waals surface area contributed by atoms with Gasteiger partial charge in [0.05, 0.1) is 0 Å². The summed E-state index contributed by atoms with van der Waals surface area (Å²) >= 11 is 0. The SMILES string of the molecule is C1CNCCNCCNCCN1.[KH].[KH]. The molecule has 0 aliphatic carbocycles. The summed E-state index contributed by atoms with van der Waals surface area (Å²) < 4.78 is 0. The zero-order valence-corrected chi connectivity index (χ0v) is 7.66. The Morgan fingerprint density at radius 3 is 0.643 bits per heavy atom. The molecular formula is C8H22K2N4. The van der Waals surface area contributed by atoms with E-state index in [1.54, 1.807) is 0 Å². The molecule has 0 radical (unpaired) electrons. The van der Waals surface area contributed by atoms with E-state index in [4.69, 9.17) is 0 Å². The van der Waals surface area contributed by atoms with Gasteiger partial charge in [0.15, 0.2) is 0 Å². The van der Waals surface area contributed by atoms with Gasteiger partial charge in [0.2, 0.25) is 0 Å². The maximum absolute atomic E-state index is 3.36. The van der Waals surface area contributed by atoms with Gasteiger partial charge in [-0.25, -0.2) is 0 Å². The van der Waals surface area contributed by atoms with Crippen LogP contribution < -0.4 is 21.3 Å². The average Bonchev–Trinajstić information content (AvgIpc) is 2.05. The molecule has 0 bridgehead atoms. The Labute approximate surface area is 172 Å². The van der Waals surface area contributed by atoms with Crippen LogP contribution in [0.1, 0.15) is 0 Å². The van der Waals surface area contributed by atoms with Crippen molar-refractivity contribution in [3.63, 3.8) is 0 Å². The molecule has 1 aliphatic rings. The Morgan fingerprint density at radius 2 is 0.500 bits per heavy atom. The first-order valence-electron chi connectivity index (χ1n) is 4.83. The third-order valence-corrected chi connectivity index (χ3v) is 1.91. The van der Waals surface area contributed by atoms with Gasteiger partial charge in [-0.1, -0.05) is 0 Å². The molecule has 4 N–H and O–H groups in total. The van der Waals surface area contributed by atoms with Crippen LogP contribution in [0.15, 0.2) is 0 Å². The van der Waals surface area contributed by atoms with Crippen molar-refractivity contribution in [3.05, 3.63) is 0 Å². The Kier molecular flexibility index (Phi) is 22.4. The first kappa shape index (κ1) is 19.5. The molecule has 0 aromatic rings. The van der Waals surface area contributed by atoms with Crippen molar-refractivity contribution >= 4 is 103 Å². The van der Waals surface area contributed by atoms with Crippen LogP contribution in [0.5, 0.6) is 0 Å². The topological polar surface area (TPSA) is 48.1 Å². The summed E-state index contributed by atoms with van der Waals surface area (Å²) in [6, 6.07) is 0. The van der Waals surface area contributed by atoms with Gasteiger partial charge < -0.3 is 21.3 Å². The van der Waals surface area contributed by atoms with E-state index in [9.17, 15) is 0 Å². The molecule has 4 nitrogen and oxygen atoms in total. The fraction of sp³-hybridized carbons (Fsp3) is 1.00. The van der Waals surface area contributed by atoms with Crippen LogP contribution in [-0.4, -0.2) is 155 Å². The standard InChI is InChI=1S/C8H20N4.2K.2H/c1-2-10-5-6-12-8-7-11-4-3-9-1;;;;/h9-12H,1-8H2;;;;. The molecular weight excluding hydrogens is 230 g/mol. The van der Waals surface area contributed by atoms with Gasteiger partial charge in [0.1, 0.15) is 0 Å². The van der Waals surface area contributed by atoms with Gasteiger partial charge >= 0.3 is 103 Å². The molecule has 6 heteroatoms. The van der Waals surface area contributed by atoms with Crippen LogP contribution in [0, 0.1) is 0 Å². The van der Waals surface area contributed by atoms with Crippen LogP contribution in [0.4, 0.5) is 0 Å². The maximum atomic E-state index is 3.36. The molecule has 0 amide bonds. The number of hydrogen-bond donors (Lipinski definition) is 4. The molecule has 0 unspecified atom stereocenters. The van der Waals surface area contributed by atoms with Crippen molar-refractivity contribution in [1.29, 1.82) is 0 Å². The van der Waals surface area contributed by atoms with Crippen molar-refractivity contribution < 1.29 is 0 Å². The van der Waals surface area contributed by atoms with E-state index >= 15 is 0 Å². The van der Waals surface area contributed by atoms with E-state index < -0.39 is 0 Å². The fourth-order valence-corrected chi connectivity index (χ4v) is 1.21. The Bertz CT molecular complexity index is 62.3. The summed E-state index contributed by atoms with van der Waals surface area (Å²) in [7, 11) is 0. The van der Waals surface area contributed by atoms with Gasteiger partial charge in [0, 0.05) is 52.4 Å². The normalized spacial score (nSPS) is 20.6. The van der Waals surface area contributed by atoms with Gasteiger partial charge in [-0.2, -0.15) is 0 Å². The second-order valence-electron chi connectivity index (χ2n) is 3.00. The summed E-state index contributed by atoms with van der Waals surface area (Å²) in [6.45, 7) is 8.57. The minimum atomic E-state index is 0. The van der Waals surface area contributed by atoms with Gasteiger partial charge in [0.25, 0.3) is 0 Å². The molecule has 1 rings (SSSR count). The van der Waals surface area contributed by atoms with E-state index in [0.717, 1.165) is 52.4 Å². The molecule has 1 fully saturated rings. The quantitative estimate of drug-likeness (QED) is 0.349. The van der Waals surface area contributed by atoms with Crippen LogP contribution in [0.2, 0.25) is 0 Å². The first-order valence-corrected chi connectivity index (χ1v) is 4.83. The second kappa shape index (κ2) is 16.1. The van der Waals surface area contributed by atoms with Crippen molar-refractivity contribution in [2.45, 2.75) is 0 Å². The van der Waals surface area contributed by atoms with Crippen molar-refractivity contribution in [1.82, 2.24) is 21.3 Å². The van der Waals surface area contributed by atoms with Crippen LogP contribution in [0.3, 0.4) is 0 Å². The van der Waals surface area contributed by atoms with Gasteiger partial charge in [-0.15, -0.1) is 0 Å². The molecule has 0 aromatic heterocycles. The summed E-state index contributed by atoms with van der Waals surface area (Å²) in [5, 5.41) is 13.4. The van der Waals surface area contributed by atoms with E-state index in [1.165, 1.54) is 0 Å². The Morgan fingerprint density at radius 1 is 0.357 bits per heavy atom. The van der Waals surface area contributed by atoms with Gasteiger partial charge in [-0.05, 0) is 0 Å². The molecule has 1 saturated heterocycles. The van der Waals surface area contributed by atoms with E-state index in [2.05, 4.69) is 21.3 Å². The molecule has 1 aliphatic heterocycles. The third kappa shape index (κ3) is 13.2. The third-order valence-electron chi connectivity index (χ3n) is 1.91.